The Balaban J connectivity index is 1.96. The van der Waals surface area contributed by atoms with Gasteiger partial charge in [-0.2, -0.15) is 0 Å². The number of carbonyl (C=O) groups is 2. The summed E-state index contributed by atoms with van der Waals surface area (Å²) in [6.45, 7) is 3.84. The standard InChI is InChI=1S/C25H21ClN2O4/c1-14-10-15(2)12-17(11-14)28-22(19-6-4-5-9-27-19)21(24(30)25(28)31)23(29)16-7-8-18(26)20(13-16)32-3/h4-13,22,29H,1-3H3/b23-21-. The van der Waals surface area contributed by atoms with Crippen molar-refractivity contribution in [2.45, 2.75) is 19.9 Å². The zero-order valence-electron chi connectivity index (χ0n) is 17.8. The number of anilines is 1. The lowest BCUT2D eigenvalue weighted by atomic mass is 9.98. The maximum Gasteiger partial charge on any atom is 0.300 e. The second-order valence-corrected chi connectivity index (χ2v) is 8.03. The van der Waals surface area contributed by atoms with Crippen LogP contribution in [0.15, 0.2) is 66.4 Å². The van der Waals surface area contributed by atoms with Crippen molar-refractivity contribution in [1.29, 1.82) is 0 Å². The molecule has 1 aliphatic rings. The number of methoxy groups -OCH3 is 1. The van der Waals surface area contributed by atoms with E-state index in [9.17, 15) is 14.7 Å². The van der Waals surface area contributed by atoms with Crippen LogP contribution in [0.2, 0.25) is 5.02 Å². The first-order chi connectivity index (χ1) is 15.3. The Hall–Kier alpha value is -3.64. The summed E-state index contributed by atoms with van der Waals surface area (Å²) in [5, 5.41) is 11.5. The SMILES string of the molecule is COc1cc(/C(O)=C2/C(=O)C(=O)N(c3cc(C)cc(C)c3)C2c2ccccn2)ccc1Cl. The van der Waals surface area contributed by atoms with E-state index in [0.29, 0.717) is 27.7 Å². The van der Waals surface area contributed by atoms with Crippen molar-refractivity contribution in [2.24, 2.45) is 0 Å². The number of ketones is 1. The smallest absolute Gasteiger partial charge is 0.300 e. The zero-order chi connectivity index (χ0) is 23.0. The molecule has 0 aliphatic carbocycles. The van der Waals surface area contributed by atoms with E-state index in [1.54, 1.807) is 36.5 Å². The number of carbonyl (C=O) groups excluding carboxylic acids is 2. The van der Waals surface area contributed by atoms with E-state index in [1.807, 2.05) is 32.0 Å². The van der Waals surface area contributed by atoms with E-state index < -0.39 is 17.7 Å². The molecule has 0 radical (unpaired) electrons. The van der Waals surface area contributed by atoms with Gasteiger partial charge in [0.1, 0.15) is 17.6 Å². The van der Waals surface area contributed by atoms with Gasteiger partial charge in [0.05, 0.1) is 23.4 Å². The molecule has 1 saturated heterocycles. The van der Waals surface area contributed by atoms with Gasteiger partial charge in [0, 0.05) is 17.4 Å². The molecule has 1 N–H and O–H groups in total. The fraction of sp³-hybridized carbons (Fsp3) is 0.160. The van der Waals surface area contributed by atoms with Gasteiger partial charge >= 0.3 is 0 Å². The molecule has 6 nitrogen and oxygen atoms in total. The molecule has 1 atom stereocenters. The largest absolute Gasteiger partial charge is 0.507 e. The number of nitrogens with zero attached hydrogens (tertiary/aromatic N) is 2. The molecule has 2 aromatic carbocycles. The number of aliphatic hydroxyl groups is 1. The molecule has 1 unspecified atom stereocenters. The third-order valence-electron chi connectivity index (χ3n) is 5.32. The van der Waals surface area contributed by atoms with Crippen molar-refractivity contribution in [3.05, 3.63) is 93.8 Å². The molecule has 32 heavy (non-hydrogen) atoms. The highest BCUT2D eigenvalue weighted by Gasteiger charge is 2.47. The number of rotatable bonds is 4. The summed E-state index contributed by atoms with van der Waals surface area (Å²) in [6.07, 6.45) is 1.59. The molecular weight excluding hydrogens is 428 g/mol. The van der Waals surface area contributed by atoms with E-state index >= 15 is 0 Å². The van der Waals surface area contributed by atoms with Crippen LogP contribution in [0.5, 0.6) is 5.75 Å². The Labute approximate surface area is 190 Å². The van der Waals surface area contributed by atoms with Gasteiger partial charge in [0.15, 0.2) is 0 Å². The third kappa shape index (κ3) is 3.74. The Kier molecular flexibility index (Phi) is 5.72. The molecule has 2 heterocycles. The summed E-state index contributed by atoms with van der Waals surface area (Å²) in [5.41, 5.74) is 3.19. The second-order valence-electron chi connectivity index (χ2n) is 7.62. The fourth-order valence-corrected chi connectivity index (χ4v) is 4.16. The van der Waals surface area contributed by atoms with Gasteiger partial charge in [0.2, 0.25) is 0 Å². The number of halogens is 1. The van der Waals surface area contributed by atoms with Gasteiger partial charge < -0.3 is 9.84 Å². The first-order valence-electron chi connectivity index (χ1n) is 9.96. The molecule has 1 aliphatic heterocycles. The molecule has 1 fully saturated rings. The van der Waals surface area contributed by atoms with E-state index in [4.69, 9.17) is 16.3 Å². The molecule has 7 heteroatoms. The minimum atomic E-state index is -0.890. The molecule has 3 aromatic rings. The lowest BCUT2D eigenvalue weighted by Gasteiger charge is -2.25. The summed E-state index contributed by atoms with van der Waals surface area (Å²) in [4.78, 5) is 32.2. The van der Waals surface area contributed by atoms with Crippen molar-refractivity contribution in [1.82, 2.24) is 4.98 Å². The molecular formula is C25H21ClN2O4. The normalized spacial score (nSPS) is 17.6. The lowest BCUT2D eigenvalue weighted by molar-refractivity contribution is -0.132. The molecule has 162 valence electrons. The Morgan fingerprint density at radius 1 is 1.06 bits per heavy atom. The summed E-state index contributed by atoms with van der Waals surface area (Å²) in [5.74, 6) is -1.49. The molecule has 0 bridgehead atoms. The van der Waals surface area contributed by atoms with E-state index in [1.165, 1.54) is 18.1 Å². The number of Topliss-reactive ketones (excluding diaryl/α,β-unsaturated/α-hetero) is 1. The molecule has 0 saturated carbocycles. The molecule has 1 aromatic heterocycles. The number of benzene rings is 2. The number of hydrogen-bond acceptors (Lipinski definition) is 5. The van der Waals surface area contributed by atoms with Crippen molar-refractivity contribution >= 4 is 34.7 Å². The molecule has 4 rings (SSSR count). The number of ether oxygens (including phenoxy) is 1. The lowest BCUT2D eigenvalue weighted by Crippen LogP contribution is -2.30. The van der Waals surface area contributed by atoms with Crippen LogP contribution in [-0.4, -0.2) is 28.9 Å². The highest BCUT2D eigenvalue weighted by atomic mass is 35.5. The molecule has 1 amide bonds. The first-order valence-corrected chi connectivity index (χ1v) is 10.3. The van der Waals surface area contributed by atoms with Crippen molar-refractivity contribution in [3.8, 4) is 5.75 Å². The number of aromatic nitrogens is 1. The van der Waals surface area contributed by atoms with Crippen molar-refractivity contribution < 1.29 is 19.4 Å². The predicted molar refractivity (Wildman–Crippen MR) is 123 cm³/mol. The Morgan fingerprint density at radius 2 is 1.78 bits per heavy atom. The Bertz CT molecular complexity index is 1230. The van der Waals surface area contributed by atoms with Crippen LogP contribution in [0, 0.1) is 13.8 Å². The average Bonchev–Trinajstić information content (AvgIpc) is 3.04. The minimum absolute atomic E-state index is 0.0442. The average molecular weight is 449 g/mol. The first kappa shape index (κ1) is 21.6. The van der Waals surface area contributed by atoms with E-state index in [2.05, 4.69) is 4.98 Å². The van der Waals surface area contributed by atoms with Gasteiger partial charge in [-0.1, -0.05) is 23.7 Å². The van der Waals surface area contributed by atoms with Gasteiger partial charge in [-0.15, -0.1) is 0 Å². The van der Waals surface area contributed by atoms with E-state index in [0.717, 1.165) is 11.1 Å². The van der Waals surface area contributed by atoms with Gasteiger partial charge in [0.25, 0.3) is 11.7 Å². The predicted octanol–water partition coefficient (Wildman–Crippen LogP) is 4.99. The quantitative estimate of drug-likeness (QED) is 0.345. The van der Waals surface area contributed by atoms with Crippen LogP contribution >= 0.6 is 11.6 Å². The highest BCUT2D eigenvalue weighted by Crippen LogP contribution is 2.42. The fourth-order valence-electron chi connectivity index (χ4n) is 3.97. The highest BCUT2D eigenvalue weighted by molar-refractivity contribution is 6.51. The Morgan fingerprint density at radius 3 is 2.41 bits per heavy atom. The van der Waals surface area contributed by atoms with Gasteiger partial charge in [-0.25, -0.2) is 0 Å². The van der Waals surface area contributed by atoms with Crippen molar-refractivity contribution in [2.75, 3.05) is 12.0 Å². The number of aliphatic hydroxyl groups excluding tert-OH is 1. The van der Waals surface area contributed by atoms with Gasteiger partial charge in [-0.05, 0) is 67.4 Å². The van der Waals surface area contributed by atoms with Crippen molar-refractivity contribution in [3.63, 3.8) is 0 Å². The number of pyridine rings is 1. The zero-order valence-corrected chi connectivity index (χ0v) is 18.6. The summed E-state index contributed by atoms with van der Waals surface area (Å²) < 4.78 is 5.23. The summed E-state index contributed by atoms with van der Waals surface area (Å²) in [7, 11) is 1.46. The van der Waals surface area contributed by atoms with Crippen LogP contribution in [0.4, 0.5) is 5.69 Å². The van der Waals surface area contributed by atoms with Crippen LogP contribution in [0.1, 0.15) is 28.4 Å². The number of amides is 1. The maximum absolute atomic E-state index is 13.2. The van der Waals surface area contributed by atoms with Gasteiger partial charge in [-0.3, -0.25) is 19.5 Å². The van der Waals surface area contributed by atoms with E-state index in [-0.39, 0.29) is 11.3 Å². The number of aryl methyl sites for hydroxylation is 2. The molecule has 0 spiro atoms. The summed E-state index contributed by atoms with van der Waals surface area (Å²) >= 11 is 6.11. The minimum Gasteiger partial charge on any atom is -0.507 e. The second kappa shape index (κ2) is 8.48. The topological polar surface area (TPSA) is 79.7 Å². The number of hydrogen-bond donors (Lipinski definition) is 1. The van der Waals surface area contributed by atoms with Crippen LogP contribution < -0.4 is 9.64 Å². The van der Waals surface area contributed by atoms with Crippen LogP contribution in [0.3, 0.4) is 0 Å². The maximum atomic E-state index is 13.2. The third-order valence-corrected chi connectivity index (χ3v) is 5.63. The monoisotopic (exact) mass is 448 g/mol. The van der Waals surface area contributed by atoms with Crippen LogP contribution in [0.25, 0.3) is 5.76 Å². The van der Waals surface area contributed by atoms with Crippen LogP contribution in [-0.2, 0) is 9.59 Å². The summed E-state index contributed by atoms with van der Waals surface area (Å²) in [6, 6.07) is 14.7.